The van der Waals surface area contributed by atoms with Crippen LogP contribution >= 0.6 is 0 Å². The van der Waals surface area contributed by atoms with Gasteiger partial charge in [0.05, 0.1) is 1.37 Å². The van der Waals surface area contributed by atoms with E-state index < -0.39 is 0 Å². The molecular formula is C26H29NO. The van der Waals surface area contributed by atoms with Gasteiger partial charge in [0.25, 0.3) is 0 Å². The second-order valence-corrected chi connectivity index (χ2v) is 7.04. The van der Waals surface area contributed by atoms with Gasteiger partial charge in [-0.1, -0.05) is 79.7 Å². The van der Waals surface area contributed by atoms with E-state index in [-0.39, 0.29) is 0 Å². The number of hydrogen-bond acceptors (Lipinski definition) is 2. The van der Waals surface area contributed by atoms with Gasteiger partial charge in [0.2, 0.25) is 0 Å². The number of allylic oxidation sites excluding steroid dienone is 1. The lowest BCUT2D eigenvalue weighted by Gasteiger charge is -2.17. The van der Waals surface area contributed by atoms with Crippen molar-refractivity contribution in [3.63, 3.8) is 0 Å². The number of hydrogen-bond donors (Lipinski definition) is 0. The van der Waals surface area contributed by atoms with Crippen LogP contribution in [-0.4, -0.2) is 32.1 Å². The van der Waals surface area contributed by atoms with E-state index in [9.17, 15) is 0 Å². The quantitative estimate of drug-likeness (QED) is 0.450. The van der Waals surface area contributed by atoms with Crippen LogP contribution in [0, 0.1) is 0 Å². The molecule has 3 aromatic carbocycles. The number of nitrogens with zero attached hydrogens (tertiary/aromatic N) is 1. The smallest absolute Gasteiger partial charge is 0.119 e. The third-order valence-corrected chi connectivity index (χ3v) is 4.73. The van der Waals surface area contributed by atoms with Gasteiger partial charge in [-0.15, -0.1) is 0 Å². The van der Waals surface area contributed by atoms with Crippen LogP contribution in [0.25, 0.3) is 11.1 Å². The Hall–Kier alpha value is -2.84. The molecular weight excluding hydrogens is 342 g/mol. The van der Waals surface area contributed by atoms with E-state index in [4.69, 9.17) is 6.11 Å². The molecule has 2 nitrogen and oxygen atoms in total. The molecule has 0 aliphatic heterocycles. The van der Waals surface area contributed by atoms with Crippen molar-refractivity contribution in [2.45, 2.75) is 13.3 Å². The first kappa shape index (κ1) is 18.5. The molecule has 0 fully saturated rings. The standard InChI is InChI=1S/C26H29NO/c1-4-25(21-11-7-5-8-12-21)26(22-13-9-6-10-14-22)23-15-17-24(18-16-23)28-20-19-27(2)3/h5-18H,4,19-20H2,1-3H3/b26-25-/i5D. The highest BCUT2D eigenvalue weighted by atomic mass is 16.5. The van der Waals surface area contributed by atoms with E-state index in [1.807, 2.05) is 56.6 Å². The van der Waals surface area contributed by atoms with Crippen molar-refractivity contribution in [3.05, 3.63) is 102 Å². The van der Waals surface area contributed by atoms with E-state index >= 15 is 0 Å². The molecule has 0 unspecified atom stereocenters. The fourth-order valence-corrected chi connectivity index (χ4v) is 3.30. The summed E-state index contributed by atoms with van der Waals surface area (Å²) in [6.45, 7) is 3.75. The molecule has 0 spiro atoms. The molecule has 0 aromatic heterocycles. The summed E-state index contributed by atoms with van der Waals surface area (Å²) in [7, 11) is 4.09. The van der Waals surface area contributed by atoms with Gasteiger partial charge in [-0.3, -0.25) is 0 Å². The Bertz CT molecular complexity index is 929. The average Bonchev–Trinajstić information content (AvgIpc) is 2.74. The maximum atomic E-state index is 7.80. The SMILES string of the molecule is [2H]c1ccc(/C(CC)=C(/c2ccccc2)c2ccc(OCCN(C)C)cc2)cc1. The van der Waals surface area contributed by atoms with Crippen LogP contribution in [-0.2, 0) is 0 Å². The molecule has 0 heterocycles. The van der Waals surface area contributed by atoms with Gasteiger partial charge >= 0.3 is 0 Å². The van der Waals surface area contributed by atoms with Gasteiger partial charge in [-0.05, 0) is 60.5 Å². The predicted octanol–water partition coefficient (Wildman–Crippen LogP) is 6.00. The molecule has 0 aliphatic carbocycles. The van der Waals surface area contributed by atoms with Gasteiger partial charge in [0, 0.05) is 6.54 Å². The van der Waals surface area contributed by atoms with E-state index in [1.54, 1.807) is 0 Å². The van der Waals surface area contributed by atoms with Crippen LogP contribution in [0.15, 0.2) is 84.9 Å². The van der Waals surface area contributed by atoms with Crippen molar-refractivity contribution in [1.29, 1.82) is 0 Å². The lowest BCUT2D eigenvalue weighted by molar-refractivity contribution is 0.261. The zero-order valence-corrected chi connectivity index (χ0v) is 17.0. The Balaban J connectivity index is 2.01. The zero-order valence-electron chi connectivity index (χ0n) is 18.0. The molecule has 0 radical (unpaired) electrons. The van der Waals surface area contributed by atoms with Gasteiger partial charge < -0.3 is 9.64 Å². The van der Waals surface area contributed by atoms with Gasteiger partial charge in [0.15, 0.2) is 0 Å². The third kappa shape index (κ3) is 5.11. The molecule has 0 N–H and O–H groups in total. The lowest BCUT2D eigenvalue weighted by Crippen LogP contribution is -2.19. The molecule has 3 rings (SSSR count). The third-order valence-electron chi connectivity index (χ3n) is 4.73. The number of rotatable bonds is 8. The van der Waals surface area contributed by atoms with Crippen LogP contribution in [0.3, 0.4) is 0 Å². The Kier molecular flexibility index (Phi) is 6.56. The van der Waals surface area contributed by atoms with Crippen LogP contribution in [0.5, 0.6) is 5.75 Å². The minimum Gasteiger partial charge on any atom is -0.492 e. The molecule has 0 bridgehead atoms. The summed E-state index contributed by atoms with van der Waals surface area (Å²) in [6.07, 6.45) is 0.905. The summed E-state index contributed by atoms with van der Waals surface area (Å²) >= 11 is 0. The Morgan fingerprint density at radius 2 is 1.43 bits per heavy atom. The number of benzene rings is 3. The normalized spacial score (nSPS) is 12.5. The van der Waals surface area contributed by atoms with Crippen molar-refractivity contribution in [2.24, 2.45) is 0 Å². The van der Waals surface area contributed by atoms with E-state index in [0.29, 0.717) is 12.6 Å². The number of ether oxygens (including phenoxy) is 1. The van der Waals surface area contributed by atoms with E-state index in [2.05, 4.69) is 48.2 Å². The van der Waals surface area contributed by atoms with Gasteiger partial charge in [-0.25, -0.2) is 0 Å². The van der Waals surface area contributed by atoms with Crippen LogP contribution < -0.4 is 4.74 Å². The number of likely N-dealkylation sites (N-methyl/N-ethyl adjacent to an activating group) is 1. The second-order valence-electron chi connectivity index (χ2n) is 7.04. The zero-order chi connectivity index (χ0) is 20.6. The predicted molar refractivity (Wildman–Crippen MR) is 120 cm³/mol. The second kappa shape index (κ2) is 9.91. The van der Waals surface area contributed by atoms with Crippen LogP contribution in [0.2, 0.25) is 0 Å². The molecule has 3 aromatic rings. The van der Waals surface area contributed by atoms with Gasteiger partial charge in [-0.2, -0.15) is 0 Å². The van der Waals surface area contributed by atoms with Crippen molar-refractivity contribution >= 4 is 11.1 Å². The molecule has 0 saturated heterocycles. The summed E-state index contributed by atoms with van der Waals surface area (Å²) in [5, 5.41) is 0. The first-order valence-corrected chi connectivity index (χ1v) is 9.82. The molecule has 0 aliphatic rings. The summed E-state index contributed by atoms with van der Waals surface area (Å²) in [6, 6.07) is 27.2. The Morgan fingerprint density at radius 3 is 2.04 bits per heavy atom. The highest BCUT2D eigenvalue weighted by molar-refractivity contribution is 5.98. The summed E-state index contributed by atoms with van der Waals surface area (Å²) in [4.78, 5) is 2.11. The van der Waals surface area contributed by atoms with Crippen molar-refractivity contribution in [1.82, 2.24) is 4.90 Å². The van der Waals surface area contributed by atoms with Crippen LogP contribution in [0.1, 0.15) is 31.4 Å². The average molecular weight is 373 g/mol. The first-order chi connectivity index (χ1) is 14.1. The minimum absolute atomic E-state index is 0.532. The van der Waals surface area contributed by atoms with E-state index in [0.717, 1.165) is 24.3 Å². The fraction of sp³-hybridized carbons (Fsp3) is 0.231. The monoisotopic (exact) mass is 372 g/mol. The Labute approximate surface area is 170 Å². The first-order valence-electron chi connectivity index (χ1n) is 10.3. The van der Waals surface area contributed by atoms with Gasteiger partial charge in [0.1, 0.15) is 12.4 Å². The highest BCUT2D eigenvalue weighted by Crippen LogP contribution is 2.34. The molecule has 2 heteroatoms. The van der Waals surface area contributed by atoms with Crippen molar-refractivity contribution < 1.29 is 6.11 Å². The fourth-order valence-electron chi connectivity index (χ4n) is 3.30. The molecule has 28 heavy (non-hydrogen) atoms. The highest BCUT2D eigenvalue weighted by Gasteiger charge is 2.12. The van der Waals surface area contributed by atoms with Crippen molar-refractivity contribution in [2.75, 3.05) is 27.2 Å². The van der Waals surface area contributed by atoms with E-state index in [1.165, 1.54) is 22.3 Å². The summed E-state index contributed by atoms with van der Waals surface area (Å²) < 4.78 is 13.7. The summed E-state index contributed by atoms with van der Waals surface area (Å²) in [5.41, 5.74) is 6.03. The maximum Gasteiger partial charge on any atom is 0.119 e. The largest absolute Gasteiger partial charge is 0.492 e. The lowest BCUT2D eigenvalue weighted by atomic mass is 9.88. The van der Waals surface area contributed by atoms with Crippen LogP contribution in [0.4, 0.5) is 0 Å². The molecule has 0 amide bonds. The maximum absolute atomic E-state index is 7.80. The molecule has 0 saturated carbocycles. The topological polar surface area (TPSA) is 12.5 Å². The molecule has 144 valence electrons. The molecule has 0 atom stereocenters. The Morgan fingerprint density at radius 1 is 0.821 bits per heavy atom. The minimum atomic E-state index is 0.532. The van der Waals surface area contributed by atoms with Crippen molar-refractivity contribution in [3.8, 4) is 5.75 Å². The summed E-state index contributed by atoms with van der Waals surface area (Å²) in [5.74, 6) is 0.889.